The molecule has 0 bridgehead atoms. The number of ether oxygens (including phenoxy) is 2. The summed E-state index contributed by atoms with van der Waals surface area (Å²) in [6.45, 7) is -0.163. The van der Waals surface area contributed by atoms with Crippen LogP contribution in [0.15, 0.2) is 83.3 Å². The van der Waals surface area contributed by atoms with Crippen molar-refractivity contribution >= 4 is 22.7 Å². The van der Waals surface area contributed by atoms with E-state index in [0.29, 0.717) is 16.7 Å². The molecule has 4 aromatic rings. The monoisotopic (exact) mass is 400 g/mol. The second-order valence-electron chi connectivity index (χ2n) is 6.78. The Morgan fingerprint density at radius 1 is 0.833 bits per heavy atom. The highest BCUT2D eigenvalue weighted by molar-refractivity contribution is 6.00. The van der Waals surface area contributed by atoms with Crippen LogP contribution in [0.5, 0.6) is 0 Å². The first kappa shape index (κ1) is 19.6. The third-order valence-electron chi connectivity index (χ3n) is 4.82. The van der Waals surface area contributed by atoms with Crippen molar-refractivity contribution in [3.05, 3.63) is 95.7 Å². The number of Topliss-reactive ketones (excluding diaryl/α,β-unsaturated/α-hetero) is 1. The smallest absolute Gasteiger partial charge is 0.375 e. The van der Waals surface area contributed by atoms with Crippen molar-refractivity contribution in [1.29, 1.82) is 0 Å². The number of para-hydroxylation sites is 1. The molecule has 0 amide bonds. The maximum absolute atomic E-state index is 12.6. The Morgan fingerprint density at radius 3 is 2.23 bits per heavy atom. The molecule has 0 fully saturated rings. The molecule has 5 nitrogen and oxygen atoms in total. The quantitative estimate of drug-likeness (QED) is 0.312. The fourth-order valence-corrected chi connectivity index (χ4v) is 3.31. The van der Waals surface area contributed by atoms with Crippen molar-refractivity contribution < 1.29 is 23.5 Å². The molecule has 0 aliphatic carbocycles. The lowest BCUT2D eigenvalue weighted by molar-refractivity contribution is 0.0441. The van der Waals surface area contributed by atoms with Crippen LogP contribution in [0.2, 0.25) is 0 Å². The molecule has 0 aliphatic heterocycles. The molecule has 30 heavy (non-hydrogen) atoms. The van der Waals surface area contributed by atoms with Crippen LogP contribution >= 0.6 is 0 Å². The van der Waals surface area contributed by atoms with Crippen molar-refractivity contribution in [2.24, 2.45) is 0 Å². The summed E-state index contributed by atoms with van der Waals surface area (Å²) in [4.78, 5) is 25.0. The summed E-state index contributed by atoms with van der Waals surface area (Å²) >= 11 is 0. The second kappa shape index (κ2) is 8.76. The number of hydrogen-bond acceptors (Lipinski definition) is 5. The maximum atomic E-state index is 12.6. The van der Waals surface area contributed by atoms with E-state index in [2.05, 4.69) is 0 Å². The van der Waals surface area contributed by atoms with Crippen LogP contribution in [0.3, 0.4) is 0 Å². The molecule has 1 heterocycles. The molecule has 5 heteroatoms. The standard InChI is InChI=1S/C25H20O5/c1-28-15-21-20-9-5-6-10-23(20)30-24(21)25(27)29-16-22(26)19-13-11-18(12-14-19)17-7-3-2-4-8-17/h2-14H,15-16H2,1H3. The minimum atomic E-state index is -0.687. The summed E-state index contributed by atoms with van der Waals surface area (Å²) in [6.07, 6.45) is 0. The van der Waals surface area contributed by atoms with Gasteiger partial charge in [-0.1, -0.05) is 72.8 Å². The van der Waals surface area contributed by atoms with Gasteiger partial charge in [-0.25, -0.2) is 4.79 Å². The van der Waals surface area contributed by atoms with E-state index in [1.54, 1.807) is 25.3 Å². The molecule has 0 spiro atoms. The highest BCUT2D eigenvalue weighted by atomic mass is 16.5. The van der Waals surface area contributed by atoms with Crippen LogP contribution in [0.4, 0.5) is 0 Å². The van der Waals surface area contributed by atoms with E-state index < -0.39 is 5.97 Å². The second-order valence-corrected chi connectivity index (χ2v) is 6.78. The number of esters is 1. The lowest BCUT2D eigenvalue weighted by Gasteiger charge is -2.06. The number of hydrogen-bond donors (Lipinski definition) is 0. The summed E-state index contributed by atoms with van der Waals surface area (Å²) < 4.78 is 16.1. The largest absolute Gasteiger partial charge is 0.451 e. The van der Waals surface area contributed by atoms with Gasteiger partial charge >= 0.3 is 5.97 Å². The molecule has 0 saturated carbocycles. The summed E-state index contributed by atoms with van der Waals surface area (Å²) in [5.41, 5.74) is 3.73. The van der Waals surface area contributed by atoms with Crippen LogP contribution in [0.25, 0.3) is 22.1 Å². The highest BCUT2D eigenvalue weighted by Gasteiger charge is 2.22. The van der Waals surface area contributed by atoms with Crippen LogP contribution in [0.1, 0.15) is 26.5 Å². The molecule has 0 atom stereocenters. The molecular weight excluding hydrogens is 380 g/mol. The fourth-order valence-electron chi connectivity index (χ4n) is 3.31. The number of furan rings is 1. The summed E-state index contributed by atoms with van der Waals surface area (Å²) in [7, 11) is 1.54. The first-order valence-corrected chi connectivity index (χ1v) is 9.52. The van der Waals surface area contributed by atoms with Gasteiger partial charge in [0, 0.05) is 23.6 Å². The summed E-state index contributed by atoms with van der Waals surface area (Å²) in [5, 5.41) is 0.786. The van der Waals surface area contributed by atoms with Gasteiger partial charge in [-0.2, -0.15) is 0 Å². The predicted molar refractivity (Wildman–Crippen MR) is 113 cm³/mol. The number of methoxy groups -OCH3 is 1. The van der Waals surface area contributed by atoms with Crippen LogP contribution in [-0.4, -0.2) is 25.5 Å². The SMILES string of the molecule is COCc1c(C(=O)OCC(=O)c2ccc(-c3ccccc3)cc2)oc2ccccc12. The topological polar surface area (TPSA) is 65.7 Å². The number of rotatable bonds is 7. The Labute approximate surface area is 173 Å². The van der Waals surface area contributed by atoms with E-state index in [9.17, 15) is 9.59 Å². The van der Waals surface area contributed by atoms with Gasteiger partial charge in [-0.05, 0) is 17.2 Å². The molecule has 4 rings (SSSR count). The van der Waals surface area contributed by atoms with Crippen molar-refractivity contribution in [1.82, 2.24) is 0 Å². The lowest BCUT2D eigenvalue weighted by Crippen LogP contribution is -2.15. The Morgan fingerprint density at radius 2 is 1.50 bits per heavy atom. The number of ketones is 1. The molecule has 1 aromatic heterocycles. The Bertz CT molecular complexity index is 1170. The number of fused-ring (bicyclic) bond motifs is 1. The number of carbonyl (C=O) groups is 2. The van der Waals surface area contributed by atoms with Gasteiger partial charge in [0.25, 0.3) is 0 Å². The minimum Gasteiger partial charge on any atom is -0.451 e. The van der Waals surface area contributed by atoms with E-state index in [-0.39, 0.29) is 24.8 Å². The molecule has 0 N–H and O–H groups in total. The zero-order chi connectivity index (χ0) is 20.9. The summed E-state index contributed by atoms with van der Waals surface area (Å²) in [5.74, 6) is -0.912. The van der Waals surface area contributed by atoms with E-state index in [0.717, 1.165) is 16.5 Å². The molecule has 150 valence electrons. The van der Waals surface area contributed by atoms with Gasteiger partial charge in [0.2, 0.25) is 5.76 Å². The van der Waals surface area contributed by atoms with E-state index in [1.165, 1.54) is 0 Å². The molecule has 0 aliphatic rings. The molecule has 3 aromatic carbocycles. The zero-order valence-corrected chi connectivity index (χ0v) is 16.5. The van der Waals surface area contributed by atoms with Crippen LogP contribution in [-0.2, 0) is 16.1 Å². The van der Waals surface area contributed by atoms with E-state index in [1.807, 2.05) is 60.7 Å². The van der Waals surface area contributed by atoms with Crippen molar-refractivity contribution in [2.75, 3.05) is 13.7 Å². The molecule has 0 radical (unpaired) electrons. The van der Waals surface area contributed by atoms with Crippen molar-refractivity contribution in [3.63, 3.8) is 0 Å². The van der Waals surface area contributed by atoms with Gasteiger partial charge in [0.1, 0.15) is 5.58 Å². The summed E-state index contributed by atoms with van der Waals surface area (Å²) in [6, 6.07) is 24.4. The maximum Gasteiger partial charge on any atom is 0.375 e. The average Bonchev–Trinajstić information content (AvgIpc) is 3.17. The lowest BCUT2D eigenvalue weighted by atomic mass is 10.0. The first-order valence-electron chi connectivity index (χ1n) is 9.52. The van der Waals surface area contributed by atoms with Gasteiger partial charge in [-0.15, -0.1) is 0 Å². The number of benzene rings is 3. The normalized spacial score (nSPS) is 10.8. The van der Waals surface area contributed by atoms with Gasteiger partial charge in [0.15, 0.2) is 12.4 Å². The fraction of sp³-hybridized carbons (Fsp3) is 0.120. The Balaban J connectivity index is 1.46. The van der Waals surface area contributed by atoms with E-state index in [4.69, 9.17) is 13.9 Å². The van der Waals surface area contributed by atoms with Crippen LogP contribution in [0, 0.1) is 0 Å². The first-order chi connectivity index (χ1) is 14.7. The Hall–Kier alpha value is -3.70. The van der Waals surface area contributed by atoms with Crippen LogP contribution < -0.4 is 0 Å². The third-order valence-corrected chi connectivity index (χ3v) is 4.82. The predicted octanol–water partition coefficient (Wildman–Crippen LogP) is 5.29. The van der Waals surface area contributed by atoms with Crippen molar-refractivity contribution in [2.45, 2.75) is 6.61 Å². The number of carbonyl (C=O) groups excluding carboxylic acids is 2. The minimum absolute atomic E-state index is 0.0604. The molecule has 0 unspecified atom stereocenters. The zero-order valence-electron chi connectivity index (χ0n) is 16.5. The van der Waals surface area contributed by atoms with Gasteiger partial charge in [0.05, 0.1) is 6.61 Å². The van der Waals surface area contributed by atoms with Gasteiger partial charge in [-0.3, -0.25) is 4.79 Å². The third kappa shape index (κ3) is 4.02. The van der Waals surface area contributed by atoms with E-state index >= 15 is 0 Å². The molecular formula is C25H20O5. The molecule has 0 saturated heterocycles. The average molecular weight is 400 g/mol. The Kier molecular flexibility index (Phi) is 5.72. The van der Waals surface area contributed by atoms with Gasteiger partial charge < -0.3 is 13.9 Å². The van der Waals surface area contributed by atoms with Crippen molar-refractivity contribution in [3.8, 4) is 11.1 Å². The highest BCUT2D eigenvalue weighted by Crippen LogP contribution is 2.27.